The fourth-order valence-electron chi connectivity index (χ4n) is 4.32. The van der Waals surface area contributed by atoms with Gasteiger partial charge in [0.2, 0.25) is 0 Å². The standard InChI is InChI=1S/C18H27ClN2/c1-3-20-18(10-13-4-6-15(19)7-5-13)14-11-16-8-9-17(12-14)21(16)2/h4-7,14,16-18,20H,3,8-12H2,1-2H3. The summed E-state index contributed by atoms with van der Waals surface area (Å²) in [5.74, 6) is 0.814. The van der Waals surface area contributed by atoms with Gasteiger partial charge in [-0.05, 0) is 69.3 Å². The molecule has 0 saturated carbocycles. The molecule has 3 atom stereocenters. The van der Waals surface area contributed by atoms with Crippen molar-refractivity contribution < 1.29 is 0 Å². The SMILES string of the molecule is CCNC(Cc1ccc(Cl)cc1)C1CC2CCC(C1)N2C. The largest absolute Gasteiger partial charge is 0.314 e. The summed E-state index contributed by atoms with van der Waals surface area (Å²) in [5.41, 5.74) is 1.40. The van der Waals surface area contributed by atoms with Crippen LogP contribution in [-0.4, -0.2) is 36.6 Å². The Morgan fingerprint density at radius 2 is 1.81 bits per heavy atom. The van der Waals surface area contributed by atoms with Crippen LogP contribution in [0, 0.1) is 5.92 Å². The number of fused-ring (bicyclic) bond motifs is 2. The van der Waals surface area contributed by atoms with E-state index in [-0.39, 0.29) is 0 Å². The number of halogens is 1. The van der Waals surface area contributed by atoms with Crippen molar-refractivity contribution in [3.05, 3.63) is 34.9 Å². The fraction of sp³-hybridized carbons (Fsp3) is 0.667. The van der Waals surface area contributed by atoms with E-state index in [4.69, 9.17) is 11.6 Å². The monoisotopic (exact) mass is 306 g/mol. The summed E-state index contributed by atoms with van der Waals surface area (Å²) in [6, 6.07) is 10.6. The number of hydrogen-bond acceptors (Lipinski definition) is 2. The van der Waals surface area contributed by atoms with E-state index < -0.39 is 0 Å². The summed E-state index contributed by atoms with van der Waals surface area (Å²) in [4.78, 5) is 2.63. The molecule has 0 spiro atoms. The van der Waals surface area contributed by atoms with Crippen molar-refractivity contribution >= 4 is 11.6 Å². The van der Waals surface area contributed by atoms with Crippen LogP contribution in [0.3, 0.4) is 0 Å². The third kappa shape index (κ3) is 3.44. The molecule has 0 amide bonds. The Hall–Kier alpha value is -0.570. The third-order valence-corrected chi connectivity index (χ3v) is 5.79. The summed E-state index contributed by atoms with van der Waals surface area (Å²) in [6.07, 6.45) is 6.64. The highest BCUT2D eigenvalue weighted by Crippen LogP contribution is 2.39. The van der Waals surface area contributed by atoms with Crippen LogP contribution in [0.2, 0.25) is 5.02 Å². The second kappa shape index (κ2) is 6.68. The molecule has 0 aromatic heterocycles. The molecule has 2 bridgehead atoms. The van der Waals surface area contributed by atoms with Gasteiger partial charge in [0, 0.05) is 23.1 Å². The first-order valence-corrected chi connectivity index (χ1v) is 8.75. The van der Waals surface area contributed by atoms with E-state index in [1.54, 1.807) is 0 Å². The summed E-state index contributed by atoms with van der Waals surface area (Å²) in [6.45, 7) is 3.28. The van der Waals surface area contributed by atoms with E-state index in [1.807, 2.05) is 12.1 Å². The molecule has 2 aliphatic heterocycles. The summed E-state index contributed by atoms with van der Waals surface area (Å²) in [5, 5.41) is 4.58. The molecule has 3 heteroatoms. The molecule has 116 valence electrons. The molecule has 1 N–H and O–H groups in total. The van der Waals surface area contributed by atoms with Crippen LogP contribution in [0.25, 0.3) is 0 Å². The minimum atomic E-state index is 0.605. The van der Waals surface area contributed by atoms with Crippen molar-refractivity contribution in [2.45, 2.75) is 57.2 Å². The number of nitrogens with zero attached hydrogens (tertiary/aromatic N) is 1. The minimum Gasteiger partial charge on any atom is -0.314 e. The van der Waals surface area contributed by atoms with Crippen LogP contribution in [-0.2, 0) is 6.42 Å². The topological polar surface area (TPSA) is 15.3 Å². The van der Waals surface area contributed by atoms with Gasteiger partial charge in [-0.2, -0.15) is 0 Å². The highest BCUT2D eigenvalue weighted by molar-refractivity contribution is 6.30. The summed E-state index contributed by atoms with van der Waals surface area (Å²) in [7, 11) is 2.32. The quantitative estimate of drug-likeness (QED) is 0.891. The molecular formula is C18H27ClN2. The van der Waals surface area contributed by atoms with Crippen molar-refractivity contribution in [3.8, 4) is 0 Å². The van der Waals surface area contributed by atoms with Crippen LogP contribution in [0.5, 0.6) is 0 Å². The first kappa shape index (κ1) is 15.3. The highest BCUT2D eigenvalue weighted by Gasteiger charge is 2.40. The predicted molar refractivity (Wildman–Crippen MR) is 89.9 cm³/mol. The lowest BCUT2D eigenvalue weighted by Crippen LogP contribution is -2.47. The molecule has 3 unspecified atom stereocenters. The lowest BCUT2D eigenvalue weighted by atomic mass is 9.82. The van der Waals surface area contributed by atoms with Gasteiger partial charge in [-0.25, -0.2) is 0 Å². The van der Waals surface area contributed by atoms with E-state index in [1.165, 1.54) is 31.2 Å². The van der Waals surface area contributed by atoms with Gasteiger partial charge < -0.3 is 10.2 Å². The number of rotatable bonds is 5. The van der Waals surface area contributed by atoms with Crippen LogP contribution in [0.15, 0.2) is 24.3 Å². The zero-order chi connectivity index (χ0) is 14.8. The summed E-state index contributed by atoms with van der Waals surface area (Å²) >= 11 is 6.00. The zero-order valence-corrected chi connectivity index (χ0v) is 13.9. The van der Waals surface area contributed by atoms with Gasteiger partial charge in [0.15, 0.2) is 0 Å². The fourth-order valence-corrected chi connectivity index (χ4v) is 4.45. The number of piperidine rings is 1. The Morgan fingerprint density at radius 1 is 1.19 bits per heavy atom. The Labute approximate surface area is 133 Å². The number of likely N-dealkylation sites (N-methyl/N-ethyl adjacent to an activating group) is 1. The minimum absolute atomic E-state index is 0.605. The van der Waals surface area contributed by atoms with Gasteiger partial charge in [0.05, 0.1) is 0 Å². The molecular weight excluding hydrogens is 280 g/mol. The highest BCUT2D eigenvalue weighted by atomic mass is 35.5. The van der Waals surface area contributed by atoms with Gasteiger partial charge in [-0.1, -0.05) is 30.7 Å². The average Bonchev–Trinajstić information content (AvgIpc) is 2.71. The second-order valence-electron chi connectivity index (χ2n) is 6.78. The molecule has 2 aliphatic rings. The maximum absolute atomic E-state index is 6.00. The van der Waals surface area contributed by atoms with Gasteiger partial charge in [0.25, 0.3) is 0 Å². The van der Waals surface area contributed by atoms with Gasteiger partial charge in [-0.15, -0.1) is 0 Å². The van der Waals surface area contributed by atoms with E-state index in [0.717, 1.165) is 36.0 Å². The van der Waals surface area contributed by atoms with E-state index in [2.05, 4.69) is 36.3 Å². The molecule has 3 rings (SSSR count). The lowest BCUT2D eigenvalue weighted by molar-refractivity contribution is 0.112. The zero-order valence-electron chi connectivity index (χ0n) is 13.2. The molecule has 1 aromatic rings. The molecule has 0 radical (unpaired) electrons. The summed E-state index contributed by atoms with van der Waals surface area (Å²) < 4.78 is 0. The normalized spacial score (nSPS) is 30.5. The number of nitrogens with one attached hydrogen (secondary N) is 1. The smallest absolute Gasteiger partial charge is 0.0406 e. The van der Waals surface area contributed by atoms with E-state index >= 15 is 0 Å². The molecule has 2 nitrogen and oxygen atoms in total. The molecule has 2 heterocycles. The van der Waals surface area contributed by atoms with Crippen molar-refractivity contribution in [1.82, 2.24) is 10.2 Å². The van der Waals surface area contributed by atoms with Gasteiger partial charge in [-0.3, -0.25) is 0 Å². The maximum Gasteiger partial charge on any atom is 0.0406 e. The van der Waals surface area contributed by atoms with Gasteiger partial charge >= 0.3 is 0 Å². The van der Waals surface area contributed by atoms with Crippen LogP contribution in [0.1, 0.15) is 38.2 Å². The Kier molecular flexibility index (Phi) is 4.88. The average molecular weight is 307 g/mol. The molecule has 1 aromatic carbocycles. The van der Waals surface area contributed by atoms with Crippen LogP contribution < -0.4 is 5.32 Å². The lowest BCUT2D eigenvalue weighted by Gasteiger charge is -2.40. The van der Waals surface area contributed by atoms with Crippen LogP contribution in [0.4, 0.5) is 0 Å². The first-order chi connectivity index (χ1) is 10.2. The Balaban J connectivity index is 1.68. The Morgan fingerprint density at radius 3 is 2.38 bits per heavy atom. The number of benzene rings is 1. The van der Waals surface area contributed by atoms with E-state index in [9.17, 15) is 0 Å². The predicted octanol–water partition coefficient (Wildman–Crippen LogP) is 3.73. The van der Waals surface area contributed by atoms with Crippen molar-refractivity contribution in [2.75, 3.05) is 13.6 Å². The molecule has 0 aliphatic carbocycles. The van der Waals surface area contributed by atoms with Crippen LogP contribution >= 0.6 is 11.6 Å². The van der Waals surface area contributed by atoms with Crippen molar-refractivity contribution in [1.29, 1.82) is 0 Å². The second-order valence-corrected chi connectivity index (χ2v) is 7.21. The Bertz CT molecular complexity index is 445. The maximum atomic E-state index is 6.00. The van der Waals surface area contributed by atoms with Crippen molar-refractivity contribution in [3.63, 3.8) is 0 Å². The molecule has 2 saturated heterocycles. The van der Waals surface area contributed by atoms with Gasteiger partial charge in [0.1, 0.15) is 0 Å². The third-order valence-electron chi connectivity index (χ3n) is 5.54. The number of hydrogen-bond donors (Lipinski definition) is 1. The van der Waals surface area contributed by atoms with Crippen molar-refractivity contribution in [2.24, 2.45) is 5.92 Å². The molecule has 2 fully saturated rings. The molecule has 21 heavy (non-hydrogen) atoms. The van der Waals surface area contributed by atoms with E-state index in [0.29, 0.717) is 6.04 Å². The first-order valence-electron chi connectivity index (χ1n) is 8.37.